The second-order valence-corrected chi connectivity index (χ2v) is 5.44. The fourth-order valence-electron chi connectivity index (χ4n) is 2.05. The molecule has 0 aliphatic rings. The van der Waals surface area contributed by atoms with Gasteiger partial charge >= 0.3 is 0 Å². The van der Waals surface area contributed by atoms with Crippen LogP contribution in [0.15, 0.2) is 59.2 Å². The molecule has 3 rings (SSSR count). The van der Waals surface area contributed by atoms with Gasteiger partial charge in [-0.3, -0.25) is 9.78 Å². The van der Waals surface area contributed by atoms with Gasteiger partial charge in [0.1, 0.15) is 5.75 Å². The predicted molar refractivity (Wildman–Crippen MR) is 85.5 cm³/mol. The molecule has 0 radical (unpaired) electrons. The SMILES string of the molecule is O=C(Nc1ccc2ncccc2c1)c1ccc(Br)cc1O. The van der Waals surface area contributed by atoms with Crippen LogP contribution in [0.3, 0.4) is 0 Å². The van der Waals surface area contributed by atoms with Crippen molar-refractivity contribution in [2.45, 2.75) is 0 Å². The number of pyridine rings is 1. The monoisotopic (exact) mass is 342 g/mol. The summed E-state index contributed by atoms with van der Waals surface area (Å²) in [5.41, 5.74) is 1.74. The van der Waals surface area contributed by atoms with Crippen molar-refractivity contribution in [1.29, 1.82) is 0 Å². The van der Waals surface area contributed by atoms with Crippen LogP contribution in [-0.2, 0) is 0 Å². The van der Waals surface area contributed by atoms with Gasteiger partial charge < -0.3 is 10.4 Å². The molecule has 0 saturated carbocycles. The number of carbonyl (C=O) groups is 1. The first-order chi connectivity index (χ1) is 10.1. The molecule has 0 fully saturated rings. The van der Waals surface area contributed by atoms with E-state index in [0.717, 1.165) is 10.9 Å². The first-order valence-electron chi connectivity index (χ1n) is 6.28. The molecule has 5 heteroatoms. The lowest BCUT2D eigenvalue weighted by atomic mass is 10.1. The van der Waals surface area contributed by atoms with Crippen LogP contribution in [0.5, 0.6) is 5.75 Å². The lowest BCUT2D eigenvalue weighted by Crippen LogP contribution is -2.12. The van der Waals surface area contributed by atoms with Crippen molar-refractivity contribution in [1.82, 2.24) is 4.98 Å². The van der Waals surface area contributed by atoms with Gasteiger partial charge in [-0.15, -0.1) is 0 Å². The third-order valence-electron chi connectivity index (χ3n) is 3.07. The molecule has 4 nitrogen and oxygen atoms in total. The number of fused-ring (bicyclic) bond motifs is 1. The number of anilines is 1. The van der Waals surface area contributed by atoms with Gasteiger partial charge in [0.15, 0.2) is 0 Å². The van der Waals surface area contributed by atoms with Crippen molar-refractivity contribution in [3.05, 3.63) is 64.8 Å². The summed E-state index contributed by atoms with van der Waals surface area (Å²) < 4.78 is 0.716. The van der Waals surface area contributed by atoms with Gasteiger partial charge in [0, 0.05) is 21.7 Å². The molecule has 0 aliphatic carbocycles. The molecule has 0 bridgehead atoms. The van der Waals surface area contributed by atoms with Gasteiger partial charge in [0.2, 0.25) is 0 Å². The Hall–Kier alpha value is -2.40. The zero-order valence-corrected chi connectivity index (χ0v) is 12.5. The second-order valence-electron chi connectivity index (χ2n) is 4.53. The van der Waals surface area contributed by atoms with Crippen LogP contribution in [0.4, 0.5) is 5.69 Å². The number of nitrogens with one attached hydrogen (secondary N) is 1. The van der Waals surface area contributed by atoms with Crippen LogP contribution in [0.1, 0.15) is 10.4 Å². The molecule has 2 aromatic carbocycles. The number of hydrogen-bond acceptors (Lipinski definition) is 3. The van der Waals surface area contributed by atoms with Crippen LogP contribution in [0.25, 0.3) is 10.9 Å². The summed E-state index contributed by atoms with van der Waals surface area (Å²) in [7, 11) is 0. The Morgan fingerprint density at radius 1 is 1.14 bits per heavy atom. The van der Waals surface area contributed by atoms with Gasteiger partial charge in [0.05, 0.1) is 11.1 Å². The van der Waals surface area contributed by atoms with Gasteiger partial charge in [-0.05, 0) is 42.5 Å². The van der Waals surface area contributed by atoms with Gasteiger partial charge in [-0.2, -0.15) is 0 Å². The molecule has 3 aromatic rings. The lowest BCUT2D eigenvalue weighted by Gasteiger charge is -2.08. The van der Waals surface area contributed by atoms with E-state index in [4.69, 9.17) is 0 Å². The topological polar surface area (TPSA) is 62.2 Å². The largest absolute Gasteiger partial charge is 0.507 e. The quantitative estimate of drug-likeness (QED) is 0.741. The van der Waals surface area contributed by atoms with E-state index in [1.165, 1.54) is 6.07 Å². The minimum Gasteiger partial charge on any atom is -0.507 e. The molecule has 0 spiro atoms. The summed E-state index contributed by atoms with van der Waals surface area (Å²) in [6.07, 6.45) is 1.72. The Labute approximate surface area is 129 Å². The van der Waals surface area contributed by atoms with Crippen molar-refractivity contribution in [3.8, 4) is 5.75 Å². The molecule has 1 aromatic heterocycles. The summed E-state index contributed by atoms with van der Waals surface area (Å²) in [5, 5.41) is 13.5. The van der Waals surface area contributed by atoms with Crippen LogP contribution in [0, 0.1) is 0 Å². The molecule has 0 aliphatic heterocycles. The standard InChI is InChI=1S/C16H11BrN2O2/c17-11-3-5-13(15(20)9-11)16(21)19-12-4-6-14-10(8-12)2-1-7-18-14/h1-9,20H,(H,19,21). The molecule has 104 valence electrons. The highest BCUT2D eigenvalue weighted by atomic mass is 79.9. The van der Waals surface area contributed by atoms with Crippen molar-refractivity contribution in [2.24, 2.45) is 0 Å². The number of halogens is 1. The first kappa shape index (κ1) is 13.6. The highest BCUT2D eigenvalue weighted by molar-refractivity contribution is 9.10. The number of aromatic hydroxyl groups is 1. The summed E-state index contributed by atoms with van der Waals surface area (Å²) >= 11 is 3.24. The maximum atomic E-state index is 12.2. The predicted octanol–water partition coefficient (Wildman–Crippen LogP) is 3.96. The first-order valence-corrected chi connectivity index (χ1v) is 7.07. The summed E-state index contributed by atoms with van der Waals surface area (Å²) in [4.78, 5) is 16.4. The van der Waals surface area contributed by atoms with Crippen molar-refractivity contribution in [3.63, 3.8) is 0 Å². The van der Waals surface area contributed by atoms with E-state index in [9.17, 15) is 9.90 Å². The number of phenols is 1. The average Bonchev–Trinajstić information content (AvgIpc) is 2.47. The third kappa shape index (κ3) is 2.87. The molecule has 2 N–H and O–H groups in total. The Morgan fingerprint density at radius 3 is 2.81 bits per heavy atom. The molecule has 1 amide bonds. The fourth-order valence-corrected chi connectivity index (χ4v) is 2.40. The van der Waals surface area contributed by atoms with Crippen molar-refractivity contribution >= 4 is 38.4 Å². The average molecular weight is 343 g/mol. The van der Waals surface area contributed by atoms with Crippen LogP contribution in [0.2, 0.25) is 0 Å². The molecule has 0 saturated heterocycles. The summed E-state index contributed by atoms with van der Waals surface area (Å²) in [5.74, 6) is -0.424. The lowest BCUT2D eigenvalue weighted by molar-refractivity contribution is 0.102. The maximum absolute atomic E-state index is 12.2. The molecule has 1 heterocycles. The van der Waals surface area contributed by atoms with E-state index in [2.05, 4.69) is 26.2 Å². The Kier molecular flexibility index (Phi) is 3.58. The van der Waals surface area contributed by atoms with E-state index in [1.807, 2.05) is 24.3 Å². The number of phenolic OH excluding ortho intramolecular Hbond substituents is 1. The minimum atomic E-state index is -0.358. The number of carbonyl (C=O) groups excluding carboxylic acids is 1. The van der Waals surface area contributed by atoms with Crippen LogP contribution < -0.4 is 5.32 Å². The second kappa shape index (κ2) is 5.54. The Morgan fingerprint density at radius 2 is 2.00 bits per heavy atom. The number of amides is 1. The van der Waals surface area contributed by atoms with Gasteiger partial charge in [0.25, 0.3) is 5.91 Å². The van der Waals surface area contributed by atoms with Crippen molar-refractivity contribution < 1.29 is 9.90 Å². The highest BCUT2D eigenvalue weighted by Gasteiger charge is 2.11. The summed E-state index contributed by atoms with van der Waals surface area (Å²) in [6, 6.07) is 14.0. The van der Waals surface area contributed by atoms with Crippen LogP contribution in [-0.4, -0.2) is 16.0 Å². The smallest absolute Gasteiger partial charge is 0.259 e. The van der Waals surface area contributed by atoms with E-state index >= 15 is 0 Å². The number of aromatic nitrogens is 1. The van der Waals surface area contributed by atoms with Crippen molar-refractivity contribution in [2.75, 3.05) is 5.32 Å². The van der Waals surface area contributed by atoms with Crippen LogP contribution >= 0.6 is 15.9 Å². The Balaban J connectivity index is 1.89. The number of hydrogen-bond donors (Lipinski definition) is 2. The normalized spacial score (nSPS) is 10.5. The number of benzene rings is 2. The van der Waals surface area contributed by atoms with Gasteiger partial charge in [-0.1, -0.05) is 22.0 Å². The number of rotatable bonds is 2. The van der Waals surface area contributed by atoms with E-state index in [0.29, 0.717) is 10.2 Å². The van der Waals surface area contributed by atoms with E-state index < -0.39 is 0 Å². The molecule has 0 unspecified atom stereocenters. The van der Waals surface area contributed by atoms with E-state index in [-0.39, 0.29) is 17.2 Å². The highest BCUT2D eigenvalue weighted by Crippen LogP contribution is 2.24. The van der Waals surface area contributed by atoms with E-state index in [1.54, 1.807) is 24.4 Å². The zero-order valence-electron chi connectivity index (χ0n) is 10.9. The number of nitrogens with zero attached hydrogens (tertiary/aromatic N) is 1. The molecular weight excluding hydrogens is 332 g/mol. The molecule has 0 atom stereocenters. The zero-order chi connectivity index (χ0) is 14.8. The molecular formula is C16H11BrN2O2. The summed E-state index contributed by atoms with van der Waals surface area (Å²) in [6.45, 7) is 0. The Bertz CT molecular complexity index is 833. The maximum Gasteiger partial charge on any atom is 0.259 e. The third-order valence-corrected chi connectivity index (χ3v) is 3.56. The molecule has 21 heavy (non-hydrogen) atoms. The minimum absolute atomic E-state index is 0.0654. The fraction of sp³-hybridized carbons (Fsp3) is 0. The van der Waals surface area contributed by atoms with Gasteiger partial charge in [-0.25, -0.2) is 0 Å².